The summed E-state index contributed by atoms with van der Waals surface area (Å²) in [5, 5.41) is 5.43. The monoisotopic (exact) mass is 234 g/mol. The first-order valence-corrected chi connectivity index (χ1v) is 5.31. The van der Waals surface area contributed by atoms with Crippen molar-refractivity contribution in [3.63, 3.8) is 0 Å². The first kappa shape index (κ1) is 9.05. The highest BCUT2D eigenvalue weighted by atomic mass is 35.5. The van der Waals surface area contributed by atoms with Gasteiger partial charge in [-0.25, -0.2) is 0 Å². The molecule has 0 fully saturated rings. The van der Waals surface area contributed by atoms with Gasteiger partial charge in [0.1, 0.15) is 10.3 Å². The lowest BCUT2D eigenvalue weighted by Crippen LogP contribution is -1.92. The van der Waals surface area contributed by atoms with Crippen molar-refractivity contribution in [1.82, 2.24) is 19.6 Å². The summed E-state index contributed by atoms with van der Waals surface area (Å²) in [6.07, 6.45) is 1.88. The van der Waals surface area contributed by atoms with Crippen LogP contribution < -0.4 is 0 Å². The fraction of sp³-hybridized carbons (Fsp3) is 0.167. The Morgan fingerprint density at radius 3 is 2.85 bits per heavy atom. The van der Waals surface area contributed by atoms with Crippen LogP contribution in [0.3, 0.4) is 0 Å². The molecule has 0 bridgehead atoms. The molecule has 0 saturated heterocycles. The number of halogens is 2. The van der Waals surface area contributed by atoms with Crippen LogP contribution in [-0.2, 0) is 0 Å². The third-order valence-electron chi connectivity index (χ3n) is 1.40. The molecule has 13 heavy (non-hydrogen) atoms. The van der Waals surface area contributed by atoms with E-state index in [9.17, 15) is 0 Å². The van der Waals surface area contributed by atoms with Crippen molar-refractivity contribution in [3.05, 3.63) is 16.4 Å². The normalized spacial score (nSPS) is 11.0. The minimum Gasteiger partial charge on any atom is -0.199 e. The second-order valence-corrected chi connectivity index (χ2v) is 3.76. The van der Waals surface area contributed by atoms with Crippen LogP contribution in [0.1, 0.15) is 0 Å². The van der Waals surface area contributed by atoms with E-state index < -0.39 is 0 Å². The van der Waals surface area contributed by atoms with Crippen LogP contribution in [-0.4, -0.2) is 25.8 Å². The Bertz CT molecular complexity index is 455. The van der Waals surface area contributed by atoms with Gasteiger partial charge in [0.15, 0.2) is 0 Å². The maximum absolute atomic E-state index is 5.86. The molecular weight excluding hydrogens is 231 g/mol. The van der Waals surface area contributed by atoms with Crippen molar-refractivity contribution in [3.8, 4) is 0 Å². The zero-order chi connectivity index (χ0) is 9.42. The van der Waals surface area contributed by atoms with Gasteiger partial charge in [0.25, 0.3) is 5.78 Å². The van der Waals surface area contributed by atoms with E-state index in [0.717, 1.165) is 0 Å². The molecule has 0 radical (unpaired) electrons. The van der Waals surface area contributed by atoms with Crippen molar-refractivity contribution >= 4 is 40.7 Å². The summed E-state index contributed by atoms with van der Waals surface area (Å²) in [4.78, 5) is 8.05. The fourth-order valence-corrected chi connectivity index (χ4v) is 1.66. The van der Waals surface area contributed by atoms with Crippen molar-refractivity contribution in [1.29, 1.82) is 0 Å². The Kier molecular flexibility index (Phi) is 2.31. The molecule has 0 aliphatic rings. The molecule has 2 aromatic rings. The lowest BCUT2D eigenvalue weighted by molar-refractivity contribution is 0.881. The fourth-order valence-electron chi connectivity index (χ4n) is 0.875. The van der Waals surface area contributed by atoms with Gasteiger partial charge in [0, 0.05) is 6.07 Å². The Morgan fingerprint density at radius 2 is 2.15 bits per heavy atom. The quantitative estimate of drug-likeness (QED) is 0.561. The molecule has 7 heteroatoms. The van der Waals surface area contributed by atoms with Crippen LogP contribution >= 0.6 is 35.0 Å². The molecular formula is C6H4Cl2N4S. The average molecular weight is 235 g/mol. The third-order valence-corrected chi connectivity index (χ3v) is 2.40. The Hall–Kier alpha value is -0.520. The summed E-state index contributed by atoms with van der Waals surface area (Å²) in [5.74, 6) is 0.418. The van der Waals surface area contributed by atoms with Gasteiger partial charge in [-0.05, 0) is 6.26 Å². The van der Waals surface area contributed by atoms with E-state index >= 15 is 0 Å². The Labute approximate surface area is 88.3 Å². The highest BCUT2D eigenvalue weighted by molar-refractivity contribution is 7.98. The SMILES string of the molecule is CSc1nc2nc(Cl)cc(Cl)n2n1. The number of hydrogen-bond donors (Lipinski definition) is 0. The molecule has 0 saturated carbocycles. The van der Waals surface area contributed by atoms with Crippen LogP contribution in [0.25, 0.3) is 5.78 Å². The molecule has 68 valence electrons. The lowest BCUT2D eigenvalue weighted by Gasteiger charge is -1.93. The van der Waals surface area contributed by atoms with Crippen molar-refractivity contribution in [2.75, 3.05) is 6.26 Å². The molecule has 2 rings (SSSR count). The zero-order valence-electron chi connectivity index (χ0n) is 6.53. The smallest absolute Gasteiger partial charge is 0.199 e. The summed E-state index contributed by atoms with van der Waals surface area (Å²) in [6, 6.07) is 1.52. The number of rotatable bonds is 1. The van der Waals surface area contributed by atoms with Crippen LogP contribution in [0, 0.1) is 0 Å². The minimum atomic E-state index is 0.317. The van der Waals surface area contributed by atoms with Crippen molar-refractivity contribution in [2.24, 2.45) is 0 Å². The topological polar surface area (TPSA) is 43.1 Å². The molecule has 2 heterocycles. The summed E-state index contributed by atoms with van der Waals surface area (Å²) < 4.78 is 1.44. The van der Waals surface area contributed by atoms with E-state index in [2.05, 4.69) is 15.1 Å². The summed E-state index contributed by atoms with van der Waals surface area (Å²) in [7, 11) is 0. The second kappa shape index (κ2) is 3.32. The maximum Gasteiger partial charge on any atom is 0.256 e. The van der Waals surface area contributed by atoms with Crippen LogP contribution in [0.4, 0.5) is 0 Å². The number of aromatic nitrogens is 4. The molecule has 0 amide bonds. The molecule has 0 aliphatic heterocycles. The zero-order valence-corrected chi connectivity index (χ0v) is 8.86. The van der Waals surface area contributed by atoms with Crippen LogP contribution in [0.2, 0.25) is 10.3 Å². The maximum atomic E-state index is 5.86. The third kappa shape index (κ3) is 1.59. The van der Waals surface area contributed by atoms with E-state index in [1.165, 1.54) is 22.3 Å². The standard InChI is InChI=1S/C6H4Cl2N4S/c1-13-6-10-5-9-3(7)2-4(8)12(5)11-6/h2H,1H3. The number of thioether (sulfide) groups is 1. The largest absolute Gasteiger partial charge is 0.256 e. The Morgan fingerprint density at radius 1 is 1.38 bits per heavy atom. The molecule has 0 atom stereocenters. The predicted molar refractivity (Wildman–Crippen MR) is 52.6 cm³/mol. The van der Waals surface area contributed by atoms with E-state index in [1.807, 2.05) is 6.26 Å². The van der Waals surface area contributed by atoms with Gasteiger partial charge in [0.2, 0.25) is 5.16 Å². The van der Waals surface area contributed by atoms with E-state index in [0.29, 0.717) is 21.2 Å². The molecule has 0 aromatic carbocycles. The van der Waals surface area contributed by atoms with Gasteiger partial charge < -0.3 is 0 Å². The first-order chi connectivity index (χ1) is 6.20. The summed E-state index contributed by atoms with van der Waals surface area (Å²) in [6.45, 7) is 0. The van der Waals surface area contributed by atoms with E-state index in [-0.39, 0.29) is 0 Å². The van der Waals surface area contributed by atoms with Gasteiger partial charge in [0.05, 0.1) is 0 Å². The van der Waals surface area contributed by atoms with Gasteiger partial charge in [-0.3, -0.25) is 0 Å². The second-order valence-electron chi connectivity index (χ2n) is 2.21. The molecule has 0 aliphatic carbocycles. The van der Waals surface area contributed by atoms with Gasteiger partial charge >= 0.3 is 0 Å². The molecule has 0 spiro atoms. The molecule has 2 aromatic heterocycles. The highest BCUT2D eigenvalue weighted by Crippen LogP contribution is 2.17. The van der Waals surface area contributed by atoms with Crippen LogP contribution in [0.5, 0.6) is 0 Å². The average Bonchev–Trinajstić information content (AvgIpc) is 2.47. The lowest BCUT2D eigenvalue weighted by atomic mass is 10.7. The molecule has 4 nitrogen and oxygen atoms in total. The highest BCUT2D eigenvalue weighted by Gasteiger charge is 2.07. The van der Waals surface area contributed by atoms with E-state index in [4.69, 9.17) is 23.2 Å². The number of hydrogen-bond acceptors (Lipinski definition) is 4. The van der Waals surface area contributed by atoms with Crippen molar-refractivity contribution < 1.29 is 0 Å². The summed E-state index contributed by atoms with van der Waals surface area (Å²) in [5.41, 5.74) is 0. The van der Waals surface area contributed by atoms with Gasteiger partial charge in [-0.2, -0.15) is 14.5 Å². The van der Waals surface area contributed by atoms with Gasteiger partial charge in [-0.1, -0.05) is 35.0 Å². The number of nitrogens with zero attached hydrogens (tertiary/aromatic N) is 4. The summed E-state index contributed by atoms with van der Waals surface area (Å²) >= 11 is 13.0. The minimum absolute atomic E-state index is 0.317. The molecule has 0 unspecified atom stereocenters. The predicted octanol–water partition coefficient (Wildman–Crippen LogP) is 2.15. The van der Waals surface area contributed by atoms with Gasteiger partial charge in [-0.15, -0.1) is 5.10 Å². The number of fused-ring (bicyclic) bond motifs is 1. The van der Waals surface area contributed by atoms with Crippen molar-refractivity contribution in [2.45, 2.75) is 5.16 Å². The van der Waals surface area contributed by atoms with Crippen LogP contribution in [0.15, 0.2) is 11.2 Å². The first-order valence-electron chi connectivity index (χ1n) is 3.33. The van der Waals surface area contributed by atoms with E-state index in [1.54, 1.807) is 0 Å². The molecule has 0 N–H and O–H groups in total. The Balaban J connectivity index is 2.75.